The van der Waals surface area contributed by atoms with Crippen LogP contribution >= 0.6 is 11.6 Å². The van der Waals surface area contributed by atoms with Gasteiger partial charge in [0.05, 0.1) is 0 Å². The van der Waals surface area contributed by atoms with Crippen LogP contribution in [0.2, 0.25) is 5.02 Å². The summed E-state index contributed by atoms with van der Waals surface area (Å²) in [4.78, 5) is 16.4. The predicted molar refractivity (Wildman–Crippen MR) is 96.1 cm³/mol. The molecule has 5 nitrogen and oxygen atoms in total. The molecule has 3 rings (SSSR count). The van der Waals surface area contributed by atoms with Crippen molar-refractivity contribution in [3.8, 4) is 11.4 Å². The lowest BCUT2D eigenvalue weighted by Gasteiger charge is -2.09. The van der Waals surface area contributed by atoms with E-state index >= 15 is 0 Å². The Kier molecular flexibility index (Phi) is 5.46. The van der Waals surface area contributed by atoms with E-state index in [1.165, 1.54) is 0 Å². The van der Waals surface area contributed by atoms with E-state index in [2.05, 4.69) is 15.5 Å². The number of amides is 1. The predicted octanol–water partition coefficient (Wildman–Crippen LogP) is 4.20. The molecule has 0 radical (unpaired) electrons. The molecule has 2 aromatic carbocycles. The Morgan fingerprint density at radius 1 is 1.16 bits per heavy atom. The van der Waals surface area contributed by atoms with Crippen LogP contribution in [0.5, 0.6) is 0 Å². The lowest BCUT2D eigenvalue weighted by atomic mass is 10.1. The van der Waals surface area contributed by atoms with Gasteiger partial charge in [0.15, 0.2) is 0 Å². The molecule has 1 heterocycles. The van der Waals surface area contributed by atoms with Gasteiger partial charge in [-0.2, -0.15) is 4.98 Å². The number of halogens is 1. The highest BCUT2D eigenvalue weighted by Crippen LogP contribution is 2.20. The molecule has 1 aromatic heterocycles. The zero-order chi connectivity index (χ0) is 17.6. The van der Waals surface area contributed by atoms with Gasteiger partial charge >= 0.3 is 0 Å². The molecule has 128 valence electrons. The normalized spacial score (nSPS) is 11.9. The summed E-state index contributed by atoms with van der Waals surface area (Å²) in [6.45, 7) is 1.82. The van der Waals surface area contributed by atoms with E-state index in [1.807, 2.05) is 49.4 Å². The third-order valence-corrected chi connectivity index (χ3v) is 4.03. The lowest BCUT2D eigenvalue weighted by Crippen LogP contribution is -2.27. The summed E-state index contributed by atoms with van der Waals surface area (Å²) in [5.41, 5.74) is 1.94. The molecule has 0 bridgehead atoms. The number of benzene rings is 2. The molecule has 1 N–H and O–H groups in total. The second kappa shape index (κ2) is 7.94. The van der Waals surface area contributed by atoms with Crippen molar-refractivity contribution in [2.75, 3.05) is 0 Å². The summed E-state index contributed by atoms with van der Waals surface area (Å²) in [6, 6.07) is 16.7. The van der Waals surface area contributed by atoms with Gasteiger partial charge in [-0.1, -0.05) is 47.1 Å². The first-order valence-electron chi connectivity index (χ1n) is 8.04. The van der Waals surface area contributed by atoms with Gasteiger partial charge in [-0.15, -0.1) is 0 Å². The van der Waals surface area contributed by atoms with Crippen LogP contribution in [0.1, 0.15) is 30.8 Å². The number of hydrogen-bond donors (Lipinski definition) is 1. The Morgan fingerprint density at radius 3 is 2.60 bits per heavy atom. The minimum absolute atomic E-state index is 0.0532. The maximum Gasteiger partial charge on any atom is 0.249 e. The summed E-state index contributed by atoms with van der Waals surface area (Å²) in [7, 11) is 0. The summed E-state index contributed by atoms with van der Waals surface area (Å²) in [5, 5.41) is 7.49. The molecule has 25 heavy (non-hydrogen) atoms. The second-order valence-corrected chi connectivity index (χ2v) is 6.17. The van der Waals surface area contributed by atoms with Gasteiger partial charge in [0.1, 0.15) is 6.04 Å². The van der Waals surface area contributed by atoms with Crippen LogP contribution in [-0.2, 0) is 11.2 Å². The number of hydrogen-bond acceptors (Lipinski definition) is 4. The van der Waals surface area contributed by atoms with E-state index in [0.717, 1.165) is 11.1 Å². The molecular weight excluding hydrogens is 338 g/mol. The quantitative estimate of drug-likeness (QED) is 0.719. The van der Waals surface area contributed by atoms with Crippen molar-refractivity contribution in [3.05, 3.63) is 71.1 Å². The minimum Gasteiger partial charge on any atom is -0.345 e. The van der Waals surface area contributed by atoms with E-state index in [-0.39, 0.29) is 11.9 Å². The Balaban J connectivity index is 1.57. The summed E-state index contributed by atoms with van der Waals surface area (Å²) in [5.74, 6) is 0.789. The number of carbonyl (C=O) groups excluding carboxylic acids is 1. The molecule has 0 saturated heterocycles. The van der Waals surface area contributed by atoms with Crippen LogP contribution in [0.15, 0.2) is 59.1 Å². The monoisotopic (exact) mass is 355 g/mol. The number of rotatable bonds is 6. The van der Waals surface area contributed by atoms with Gasteiger partial charge in [-0.05, 0) is 43.2 Å². The molecule has 0 fully saturated rings. The van der Waals surface area contributed by atoms with E-state index < -0.39 is 0 Å². The number of aromatic nitrogens is 2. The van der Waals surface area contributed by atoms with Crippen molar-refractivity contribution in [3.63, 3.8) is 0 Å². The summed E-state index contributed by atoms with van der Waals surface area (Å²) in [6.07, 6.45) is 1.10. The second-order valence-electron chi connectivity index (χ2n) is 5.74. The number of nitrogens with zero attached hydrogens (tertiary/aromatic N) is 2. The first kappa shape index (κ1) is 17.2. The molecule has 1 atom stereocenters. The van der Waals surface area contributed by atoms with Gasteiger partial charge in [0, 0.05) is 17.0 Å². The van der Waals surface area contributed by atoms with Gasteiger partial charge in [-0.3, -0.25) is 4.79 Å². The van der Waals surface area contributed by atoms with Crippen LogP contribution < -0.4 is 5.32 Å². The van der Waals surface area contributed by atoms with E-state index in [0.29, 0.717) is 29.6 Å². The number of nitrogens with one attached hydrogen (secondary N) is 1. The van der Waals surface area contributed by atoms with Gasteiger partial charge < -0.3 is 9.84 Å². The zero-order valence-electron chi connectivity index (χ0n) is 13.8. The minimum atomic E-state index is -0.350. The Labute approximate surface area is 151 Å². The molecule has 0 aliphatic heterocycles. The summed E-state index contributed by atoms with van der Waals surface area (Å²) >= 11 is 5.87. The molecule has 6 heteroatoms. The molecule has 0 aliphatic rings. The third-order valence-electron chi connectivity index (χ3n) is 3.78. The highest BCUT2D eigenvalue weighted by Gasteiger charge is 2.17. The van der Waals surface area contributed by atoms with Gasteiger partial charge in [0.2, 0.25) is 17.6 Å². The fourth-order valence-electron chi connectivity index (χ4n) is 2.41. The SMILES string of the molecule is C[C@H](NC(=O)CCc1ccccc1)c1nc(-c2ccc(Cl)cc2)no1. The maximum absolute atomic E-state index is 12.1. The van der Waals surface area contributed by atoms with Gasteiger partial charge in [-0.25, -0.2) is 0 Å². The van der Waals surface area contributed by atoms with Crippen LogP contribution in [0.4, 0.5) is 0 Å². The summed E-state index contributed by atoms with van der Waals surface area (Å²) < 4.78 is 5.27. The van der Waals surface area contributed by atoms with Crippen molar-refractivity contribution >= 4 is 17.5 Å². The largest absolute Gasteiger partial charge is 0.345 e. The third kappa shape index (κ3) is 4.67. The lowest BCUT2D eigenvalue weighted by molar-refractivity contribution is -0.121. The number of carbonyl (C=O) groups is 1. The van der Waals surface area contributed by atoms with Crippen molar-refractivity contribution in [2.24, 2.45) is 0 Å². The molecular formula is C19H18ClN3O2. The van der Waals surface area contributed by atoms with Gasteiger partial charge in [0.25, 0.3) is 0 Å². The fourth-order valence-corrected chi connectivity index (χ4v) is 2.53. The average Bonchev–Trinajstić information content (AvgIpc) is 3.12. The van der Waals surface area contributed by atoms with Crippen molar-refractivity contribution in [1.29, 1.82) is 0 Å². The maximum atomic E-state index is 12.1. The Hall–Kier alpha value is -2.66. The highest BCUT2D eigenvalue weighted by atomic mass is 35.5. The zero-order valence-corrected chi connectivity index (χ0v) is 14.5. The van der Waals surface area contributed by atoms with Crippen LogP contribution in [-0.4, -0.2) is 16.0 Å². The standard InChI is InChI=1S/C19H18ClN3O2/c1-13(21-17(24)12-7-14-5-3-2-4-6-14)19-22-18(23-25-19)15-8-10-16(20)11-9-15/h2-6,8-11,13H,7,12H2,1H3,(H,21,24)/t13-/m0/s1. The van der Waals surface area contributed by atoms with Crippen molar-refractivity contribution in [2.45, 2.75) is 25.8 Å². The Bertz CT molecular complexity index is 831. The molecule has 0 saturated carbocycles. The van der Waals surface area contributed by atoms with Crippen LogP contribution in [0, 0.1) is 0 Å². The first-order chi connectivity index (χ1) is 12.1. The first-order valence-corrected chi connectivity index (χ1v) is 8.42. The fraction of sp³-hybridized carbons (Fsp3) is 0.211. The van der Waals surface area contributed by atoms with E-state index in [4.69, 9.17) is 16.1 Å². The molecule has 0 unspecified atom stereocenters. The van der Waals surface area contributed by atoms with Crippen LogP contribution in [0.25, 0.3) is 11.4 Å². The number of aryl methyl sites for hydroxylation is 1. The van der Waals surface area contributed by atoms with Crippen LogP contribution in [0.3, 0.4) is 0 Å². The topological polar surface area (TPSA) is 68.0 Å². The molecule has 3 aromatic rings. The highest BCUT2D eigenvalue weighted by molar-refractivity contribution is 6.30. The molecule has 0 aliphatic carbocycles. The Morgan fingerprint density at radius 2 is 1.88 bits per heavy atom. The van der Waals surface area contributed by atoms with Crippen molar-refractivity contribution in [1.82, 2.24) is 15.5 Å². The van der Waals surface area contributed by atoms with E-state index in [9.17, 15) is 4.79 Å². The average molecular weight is 356 g/mol. The van der Waals surface area contributed by atoms with E-state index in [1.54, 1.807) is 12.1 Å². The molecule has 1 amide bonds. The van der Waals surface area contributed by atoms with Crippen molar-refractivity contribution < 1.29 is 9.32 Å². The smallest absolute Gasteiger partial charge is 0.249 e. The molecule has 0 spiro atoms.